The Morgan fingerprint density at radius 3 is 1.85 bits per heavy atom. The molecule has 48 heavy (non-hydrogen) atoms. The van der Waals surface area contributed by atoms with Gasteiger partial charge < -0.3 is 14.7 Å². The molecule has 2 saturated heterocycles. The van der Waals surface area contributed by atoms with Crippen molar-refractivity contribution >= 4 is 17.7 Å². The molecule has 6 nitrogen and oxygen atoms in total. The molecule has 3 aromatic carbocycles. The van der Waals surface area contributed by atoms with Crippen molar-refractivity contribution in [1.82, 2.24) is 14.7 Å². The van der Waals surface area contributed by atoms with Crippen LogP contribution in [0.15, 0.2) is 78.9 Å². The Hall–Kier alpha value is -4.35. The molecule has 2 aliphatic rings. The first kappa shape index (κ1) is 35.0. The molecule has 12 heteroatoms. The number of hydrogen-bond donors (Lipinski definition) is 0. The molecule has 5 rings (SSSR count). The van der Waals surface area contributed by atoms with E-state index in [0.717, 1.165) is 16.0 Å². The van der Waals surface area contributed by atoms with Crippen LogP contribution < -0.4 is 0 Å². The van der Waals surface area contributed by atoms with Crippen LogP contribution in [0, 0.1) is 5.92 Å². The molecule has 0 spiro atoms. The number of hydrogen-bond acceptors (Lipinski definition) is 3. The lowest BCUT2D eigenvalue weighted by atomic mass is 9.70. The first-order valence-corrected chi connectivity index (χ1v) is 15.8. The highest BCUT2D eigenvalue weighted by Gasteiger charge is 2.44. The number of halogens is 6. The molecule has 256 valence electrons. The van der Waals surface area contributed by atoms with Gasteiger partial charge in [-0.15, -0.1) is 0 Å². The molecule has 2 unspecified atom stereocenters. The average molecular weight is 674 g/mol. The molecule has 2 aliphatic heterocycles. The van der Waals surface area contributed by atoms with Gasteiger partial charge in [-0.1, -0.05) is 60.7 Å². The van der Waals surface area contributed by atoms with Crippen molar-refractivity contribution in [2.45, 2.75) is 56.4 Å². The van der Waals surface area contributed by atoms with E-state index in [2.05, 4.69) is 0 Å². The van der Waals surface area contributed by atoms with Crippen LogP contribution >= 0.6 is 0 Å². The number of rotatable bonds is 6. The predicted octanol–water partition coefficient (Wildman–Crippen LogP) is 7.53. The number of urea groups is 1. The second-order valence-electron chi connectivity index (χ2n) is 12.7. The fraction of sp³-hybridized carbons (Fsp3) is 0.417. The third kappa shape index (κ3) is 7.37. The van der Waals surface area contributed by atoms with E-state index in [1.54, 1.807) is 28.9 Å². The third-order valence-corrected chi connectivity index (χ3v) is 9.76. The zero-order valence-electron chi connectivity index (χ0n) is 26.7. The van der Waals surface area contributed by atoms with Gasteiger partial charge in [0.2, 0.25) is 5.91 Å². The summed E-state index contributed by atoms with van der Waals surface area (Å²) in [6, 6.07) is 19.8. The Bertz CT molecular complexity index is 1590. The highest BCUT2D eigenvalue weighted by molar-refractivity contribution is 5.88. The maximum Gasteiger partial charge on any atom is 0.416 e. The SMILES string of the molecule is CC(=O)C1(c2ccccc2)CCN(C(=O)N2CCC(C(=O)N(C)Cc3cc(C(F)(F)F)cc(C(F)(F)F)c3)C(c3ccccc3)C2)CC1. The second kappa shape index (κ2) is 13.6. The monoisotopic (exact) mass is 673 g/mol. The molecule has 0 bridgehead atoms. The standard InChI is InChI=1S/C36H37F6N3O3/c1-24(46)34(27-11-7-4-8-12-27)14-17-44(18-15-34)33(48)45-16-13-30(31(23-45)26-9-5-3-6-10-26)32(47)43(2)22-25-19-28(35(37,38)39)21-29(20-25)36(40,41)42/h3-12,19-21,30-31H,13-18,22-23H2,1-2H3. The fourth-order valence-corrected chi connectivity index (χ4v) is 7.09. The zero-order valence-corrected chi connectivity index (χ0v) is 26.7. The van der Waals surface area contributed by atoms with Gasteiger partial charge >= 0.3 is 18.4 Å². The van der Waals surface area contributed by atoms with Crippen LogP contribution in [-0.2, 0) is 33.9 Å². The quantitative estimate of drug-likeness (QED) is 0.254. The smallest absolute Gasteiger partial charge is 0.341 e. The van der Waals surface area contributed by atoms with Crippen LogP contribution in [0.4, 0.5) is 31.1 Å². The molecule has 2 fully saturated rings. The molecule has 2 heterocycles. The second-order valence-corrected chi connectivity index (χ2v) is 12.7. The van der Waals surface area contributed by atoms with Gasteiger partial charge in [0.05, 0.1) is 16.5 Å². The lowest BCUT2D eigenvalue weighted by Gasteiger charge is -2.44. The van der Waals surface area contributed by atoms with E-state index in [0.29, 0.717) is 38.1 Å². The van der Waals surface area contributed by atoms with Crippen LogP contribution in [0.3, 0.4) is 0 Å². The van der Waals surface area contributed by atoms with Gasteiger partial charge in [-0.05, 0) is 61.1 Å². The number of piperidine rings is 2. The van der Waals surface area contributed by atoms with Crippen molar-refractivity contribution in [2.24, 2.45) is 5.92 Å². The van der Waals surface area contributed by atoms with Crippen molar-refractivity contribution in [2.75, 3.05) is 33.2 Å². The maximum absolute atomic E-state index is 13.8. The Morgan fingerprint density at radius 1 is 0.792 bits per heavy atom. The van der Waals surface area contributed by atoms with Gasteiger partial charge in [-0.25, -0.2) is 4.79 Å². The summed E-state index contributed by atoms with van der Waals surface area (Å²) < 4.78 is 80.7. The van der Waals surface area contributed by atoms with E-state index >= 15 is 0 Å². The number of likely N-dealkylation sites (tertiary alicyclic amines) is 2. The molecule has 3 aromatic rings. The highest BCUT2D eigenvalue weighted by atomic mass is 19.4. The molecule has 0 aliphatic carbocycles. The van der Waals surface area contributed by atoms with E-state index in [4.69, 9.17) is 0 Å². The minimum Gasteiger partial charge on any atom is -0.341 e. The summed E-state index contributed by atoms with van der Waals surface area (Å²) in [5.74, 6) is -1.52. The van der Waals surface area contributed by atoms with Gasteiger partial charge in [0.25, 0.3) is 0 Å². The molecule has 0 saturated carbocycles. The molecular formula is C36H37F6N3O3. The van der Waals surface area contributed by atoms with E-state index in [9.17, 15) is 40.7 Å². The fourth-order valence-electron chi connectivity index (χ4n) is 7.09. The van der Waals surface area contributed by atoms with E-state index in [-0.39, 0.29) is 43.0 Å². The molecular weight excluding hydrogens is 636 g/mol. The first-order chi connectivity index (χ1) is 22.6. The summed E-state index contributed by atoms with van der Waals surface area (Å²) in [6.07, 6.45) is -8.79. The molecule has 2 atom stereocenters. The summed E-state index contributed by atoms with van der Waals surface area (Å²) in [6.45, 7) is 2.31. The van der Waals surface area contributed by atoms with Crippen LogP contribution in [0.1, 0.15) is 59.9 Å². The number of amides is 3. The third-order valence-electron chi connectivity index (χ3n) is 9.76. The van der Waals surface area contributed by atoms with Crippen molar-refractivity contribution in [3.8, 4) is 0 Å². The number of carbonyl (C=O) groups excluding carboxylic acids is 3. The number of alkyl halides is 6. The number of ketones is 1. The minimum absolute atomic E-state index is 0.0492. The Kier molecular flexibility index (Phi) is 9.94. The van der Waals surface area contributed by atoms with Gasteiger partial charge in [0.15, 0.2) is 0 Å². The van der Waals surface area contributed by atoms with Crippen LogP contribution in [0.25, 0.3) is 0 Å². The maximum atomic E-state index is 13.8. The Labute approximate surface area is 275 Å². The summed E-state index contributed by atoms with van der Waals surface area (Å²) in [5.41, 5.74) is -2.13. The molecule has 0 N–H and O–H groups in total. The molecule has 3 amide bonds. The van der Waals surface area contributed by atoms with Crippen molar-refractivity contribution in [3.63, 3.8) is 0 Å². The number of carbonyl (C=O) groups is 3. The molecule has 0 radical (unpaired) electrons. The highest BCUT2D eigenvalue weighted by Crippen LogP contribution is 2.40. The number of nitrogens with zero attached hydrogens (tertiary/aromatic N) is 3. The summed E-state index contributed by atoms with van der Waals surface area (Å²) in [5, 5.41) is 0. The van der Waals surface area contributed by atoms with E-state index in [1.807, 2.05) is 48.5 Å². The largest absolute Gasteiger partial charge is 0.416 e. The Morgan fingerprint density at radius 2 is 1.33 bits per heavy atom. The summed E-state index contributed by atoms with van der Waals surface area (Å²) in [7, 11) is 1.36. The summed E-state index contributed by atoms with van der Waals surface area (Å²) >= 11 is 0. The number of benzene rings is 3. The van der Waals surface area contributed by atoms with Gasteiger partial charge in [-0.2, -0.15) is 26.3 Å². The van der Waals surface area contributed by atoms with Crippen LogP contribution in [0.2, 0.25) is 0 Å². The minimum atomic E-state index is -5.00. The van der Waals surface area contributed by atoms with Gasteiger partial charge in [0.1, 0.15) is 5.78 Å². The van der Waals surface area contributed by atoms with Crippen LogP contribution in [-0.4, -0.2) is 65.6 Å². The van der Waals surface area contributed by atoms with Crippen molar-refractivity contribution < 1.29 is 40.7 Å². The number of Topliss-reactive ketones (excluding diaryl/α,β-unsaturated/α-hetero) is 1. The lowest BCUT2D eigenvalue weighted by Crippen LogP contribution is -2.55. The lowest BCUT2D eigenvalue weighted by molar-refractivity contribution is -0.143. The van der Waals surface area contributed by atoms with E-state index in [1.165, 1.54) is 7.05 Å². The van der Waals surface area contributed by atoms with Crippen molar-refractivity contribution in [3.05, 3.63) is 107 Å². The molecule has 0 aromatic heterocycles. The average Bonchev–Trinajstić information content (AvgIpc) is 3.07. The van der Waals surface area contributed by atoms with Gasteiger partial charge in [-0.3, -0.25) is 9.59 Å². The Balaban J connectivity index is 1.32. The van der Waals surface area contributed by atoms with E-state index < -0.39 is 53.2 Å². The van der Waals surface area contributed by atoms with Gasteiger partial charge in [0, 0.05) is 51.6 Å². The van der Waals surface area contributed by atoms with Crippen LogP contribution in [0.5, 0.6) is 0 Å². The predicted molar refractivity (Wildman–Crippen MR) is 167 cm³/mol. The summed E-state index contributed by atoms with van der Waals surface area (Å²) in [4.78, 5) is 45.1. The normalized spacial score (nSPS) is 19.9. The van der Waals surface area contributed by atoms with Crippen molar-refractivity contribution in [1.29, 1.82) is 0 Å². The first-order valence-electron chi connectivity index (χ1n) is 15.8. The topological polar surface area (TPSA) is 60.9 Å². The zero-order chi connectivity index (χ0) is 34.9.